The van der Waals surface area contributed by atoms with Crippen LogP contribution in [0.15, 0.2) is 24.3 Å². The first-order valence-corrected chi connectivity index (χ1v) is 7.76. The average Bonchev–Trinajstić information content (AvgIpc) is 2.89. The fraction of sp³-hybridized carbons (Fsp3) is 0.588. The van der Waals surface area contributed by atoms with Gasteiger partial charge in [-0.1, -0.05) is 19.1 Å². The lowest BCUT2D eigenvalue weighted by atomic mass is 10.0. The van der Waals surface area contributed by atoms with Gasteiger partial charge in [0, 0.05) is 19.4 Å². The van der Waals surface area contributed by atoms with Crippen LogP contribution in [0.25, 0.3) is 0 Å². The van der Waals surface area contributed by atoms with E-state index in [1.165, 1.54) is 12.1 Å². The van der Waals surface area contributed by atoms with Crippen LogP contribution in [0, 0.1) is 11.7 Å². The van der Waals surface area contributed by atoms with Crippen molar-refractivity contribution in [3.8, 4) is 0 Å². The number of hydrogen-bond acceptors (Lipinski definition) is 3. The molecule has 1 unspecified atom stereocenters. The molecule has 0 radical (unpaired) electrons. The zero-order valence-electron chi connectivity index (χ0n) is 13.2. The molecule has 0 aromatic heterocycles. The van der Waals surface area contributed by atoms with E-state index < -0.39 is 5.79 Å². The molecule has 2 rings (SSSR count). The first-order valence-electron chi connectivity index (χ1n) is 7.76. The fourth-order valence-electron chi connectivity index (χ4n) is 2.71. The number of benzene rings is 1. The molecule has 0 aliphatic carbocycles. The zero-order valence-corrected chi connectivity index (χ0v) is 13.2. The first kappa shape index (κ1) is 16.9. The highest BCUT2D eigenvalue weighted by Gasteiger charge is 2.32. The molecule has 0 spiro atoms. The number of rotatable bonds is 7. The normalized spacial score (nSPS) is 18.1. The average molecular weight is 309 g/mol. The molecule has 1 heterocycles. The third-order valence-corrected chi connectivity index (χ3v) is 3.79. The van der Waals surface area contributed by atoms with Crippen LogP contribution in [0.1, 0.15) is 32.3 Å². The maximum absolute atomic E-state index is 13.1. The topological polar surface area (TPSA) is 47.6 Å². The molecule has 5 heteroatoms. The van der Waals surface area contributed by atoms with Crippen LogP contribution in [0.3, 0.4) is 0 Å². The van der Waals surface area contributed by atoms with Gasteiger partial charge in [-0.05, 0) is 37.0 Å². The minimum Gasteiger partial charge on any atom is -0.356 e. The third-order valence-electron chi connectivity index (χ3n) is 3.79. The van der Waals surface area contributed by atoms with E-state index in [-0.39, 0.29) is 17.6 Å². The van der Waals surface area contributed by atoms with Gasteiger partial charge in [0.15, 0.2) is 5.79 Å². The monoisotopic (exact) mass is 309 g/mol. The van der Waals surface area contributed by atoms with Crippen molar-refractivity contribution in [3.05, 3.63) is 35.6 Å². The smallest absolute Gasteiger partial charge is 0.220 e. The summed E-state index contributed by atoms with van der Waals surface area (Å²) in [6.07, 6.45) is 1.65. The van der Waals surface area contributed by atoms with Crippen LogP contribution in [0.5, 0.6) is 0 Å². The Morgan fingerprint density at radius 1 is 1.41 bits per heavy atom. The molecule has 0 bridgehead atoms. The molecule has 1 atom stereocenters. The predicted molar refractivity (Wildman–Crippen MR) is 81.8 cm³/mol. The third kappa shape index (κ3) is 5.39. The minimum atomic E-state index is -0.522. The summed E-state index contributed by atoms with van der Waals surface area (Å²) in [5.41, 5.74) is 0.837. The van der Waals surface area contributed by atoms with Crippen molar-refractivity contribution in [1.82, 2.24) is 5.32 Å². The second-order valence-electron chi connectivity index (χ2n) is 6.07. The van der Waals surface area contributed by atoms with E-state index in [0.717, 1.165) is 12.0 Å². The second kappa shape index (κ2) is 7.70. The van der Waals surface area contributed by atoms with Gasteiger partial charge in [-0.25, -0.2) is 4.39 Å². The number of hydrogen-bond donors (Lipinski definition) is 1. The molecule has 1 fully saturated rings. The second-order valence-corrected chi connectivity index (χ2v) is 6.07. The highest BCUT2D eigenvalue weighted by molar-refractivity contribution is 5.76. The van der Waals surface area contributed by atoms with Gasteiger partial charge in [0.2, 0.25) is 5.91 Å². The maximum Gasteiger partial charge on any atom is 0.220 e. The van der Waals surface area contributed by atoms with Gasteiger partial charge in [-0.15, -0.1) is 0 Å². The molecule has 1 aromatic carbocycles. The number of amides is 1. The molecule has 22 heavy (non-hydrogen) atoms. The molecule has 1 aromatic rings. The largest absolute Gasteiger partial charge is 0.356 e. The van der Waals surface area contributed by atoms with Crippen molar-refractivity contribution in [2.24, 2.45) is 5.92 Å². The summed E-state index contributed by atoms with van der Waals surface area (Å²) < 4.78 is 24.2. The van der Waals surface area contributed by atoms with E-state index >= 15 is 0 Å². The summed E-state index contributed by atoms with van der Waals surface area (Å²) in [5, 5.41) is 2.91. The number of aryl methyl sites for hydroxylation is 1. The molecular formula is C17H24FNO3. The Morgan fingerprint density at radius 2 is 2.14 bits per heavy atom. The zero-order chi connectivity index (χ0) is 16.0. The number of halogens is 1. The van der Waals surface area contributed by atoms with Crippen molar-refractivity contribution in [1.29, 1.82) is 0 Å². The van der Waals surface area contributed by atoms with Gasteiger partial charge >= 0.3 is 0 Å². The number of nitrogens with one attached hydrogen (secondary N) is 1. The van der Waals surface area contributed by atoms with E-state index in [2.05, 4.69) is 12.2 Å². The fourth-order valence-corrected chi connectivity index (χ4v) is 2.71. The summed E-state index contributed by atoms with van der Waals surface area (Å²) in [4.78, 5) is 11.9. The molecule has 0 saturated carbocycles. The molecule has 1 N–H and O–H groups in total. The molecule has 4 nitrogen and oxygen atoms in total. The summed E-state index contributed by atoms with van der Waals surface area (Å²) in [6, 6.07) is 6.35. The van der Waals surface area contributed by atoms with Crippen LogP contribution in [0.2, 0.25) is 0 Å². The van der Waals surface area contributed by atoms with Crippen molar-refractivity contribution in [2.75, 3.05) is 19.8 Å². The van der Waals surface area contributed by atoms with Gasteiger partial charge in [-0.2, -0.15) is 0 Å². The SMILES string of the molecule is CC(CNC(=O)CCc1cccc(F)c1)CC1(C)OCCO1. The van der Waals surface area contributed by atoms with Crippen molar-refractivity contribution in [2.45, 2.75) is 38.9 Å². The molecule has 1 aliphatic rings. The van der Waals surface area contributed by atoms with Crippen LogP contribution in [-0.2, 0) is 20.7 Å². The summed E-state index contributed by atoms with van der Waals surface area (Å²) in [6.45, 7) is 5.84. The highest BCUT2D eigenvalue weighted by atomic mass is 19.1. The van der Waals surface area contributed by atoms with Gasteiger partial charge in [0.05, 0.1) is 13.2 Å². The van der Waals surface area contributed by atoms with Gasteiger partial charge < -0.3 is 14.8 Å². The Bertz CT molecular complexity index is 500. The van der Waals surface area contributed by atoms with Gasteiger partial charge in [0.1, 0.15) is 5.82 Å². The number of ether oxygens (including phenoxy) is 2. The van der Waals surface area contributed by atoms with Crippen LogP contribution >= 0.6 is 0 Å². The quantitative estimate of drug-likeness (QED) is 0.842. The van der Waals surface area contributed by atoms with E-state index in [1.54, 1.807) is 6.07 Å². The molecule has 1 amide bonds. The van der Waals surface area contributed by atoms with Crippen molar-refractivity contribution in [3.63, 3.8) is 0 Å². The minimum absolute atomic E-state index is 0.0190. The van der Waals surface area contributed by atoms with Crippen LogP contribution in [0.4, 0.5) is 4.39 Å². The summed E-state index contributed by atoms with van der Waals surface area (Å²) >= 11 is 0. The molecule has 1 saturated heterocycles. The maximum atomic E-state index is 13.1. The predicted octanol–water partition coefficient (Wildman–Crippen LogP) is 2.66. The number of carbonyl (C=O) groups is 1. The standard InChI is InChI=1S/C17H24FNO3/c1-13(11-17(2)21-8-9-22-17)12-19-16(20)7-6-14-4-3-5-15(18)10-14/h3-5,10,13H,6-9,11-12H2,1-2H3,(H,19,20). The highest BCUT2D eigenvalue weighted by Crippen LogP contribution is 2.26. The molecule has 1 aliphatic heterocycles. The Hall–Kier alpha value is -1.46. The Balaban J connectivity index is 1.66. The lowest BCUT2D eigenvalue weighted by Crippen LogP contribution is -2.34. The van der Waals surface area contributed by atoms with E-state index in [0.29, 0.717) is 32.6 Å². The summed E-state index contributed by atoms with van der Waals surface area (Å²) in [5.74, 6) is -0.543. The van der Waals surface area contributed by atoms with E-state index in [9.17, 15) is 9.18 Å². The Kier molecular flexibility index (Phi) is 5.91. The van der Waals surface area contributed by atoms with E-state index in [4.69, 9.17) is 9.47 Å². The summed E-state index contributed by atoms with van der Waals surface area (Å²) in [7, 11) is 0. The van der Waals surface area contributed by atoms with Crippen LogP contribution < -0.4 is 5.32 Å². The molecular weight excluding hydrogens is 285 g/mol. The van der Waals surface area contributed by atoms with Crippen molar-refractivity contribution < 1.29 is 18.7 Å². The van der Waals surface area contributed by atoms with Crippen molar-refractivity contribution >= 4 is 5.91 Å². The Labute approximate surface area is 131 Å². The lowest BCUT2D eigenvalue weighted by molar-refractivity contribution is -0.154. The lowest BCUT2D eigenvalue weighted by Gasteiger charge is -2.26. The van der Waals surface area contributed by atoms with Crippen LogP contribution in [-0.4, -0.2) is 31.5 Å². The molecule has 122 valence electrons. The number of carbonyl (C=O) groups excluding carboxylic acids is 1. The van der Waals surface area contributed by atoms with E-state index in [1.807, 2.05) is 13.0 Å². The Morgan fingerprint density at radius 3 is 2.82 bits per heavy atom. The first-order chi connectivity index (χ1) is 10.5. The van der Waals surface area contributed by atoms with Gasteiger partial charge in [0.25, 0.3) is 0 Å². The van der Waals surface area contributed by atoms with Gasteiger partial charge in [-0.3, -0.25) is 4.79 Å².